The fraction of sp³-hybridized carbons (Fsp3) is 0.895. The highest BCUT2D eigenvalue weighted by Crippen LogP contribution is 2.39. The summed E-state index contributed by atoms with van der Waals surface area (Å²) in [7, 11) is 2.87. The number of methoxy groups -OCH3 is 2. The van der Waals surface area contributed by atoms with Crippen LogP contribution in [0.15, 0.2) is 0 Å². The molecule has 2 aliphatic rings. The maximum Gasteiger partial charge on any atom is 0.408 e. The van der Waals surface area contributed by atoms with Gasteiger partial charge in [-0.1, -0.05) is 0 Å². The van der Waals surface area contributed by atoms with Crippen LogP contribution >= 0.6 is 11.8 Å². The second-order valence-electron chi connectivity index (χ2n) is 8.43. The molecule has 0 spiro atoms. The highest BCUT2D eigenvalue weighted by molar-refractivity contribution is 7.99. The van der Waals surface area contributed by atoms with Gasteiger partial charge in [0, 0.05) is 12.9 Å². The van der Waals surface area contributed by atoms with E-state index in [4.69, 9.17) is 28.4 Å². The Morgan fingerprint density at radius 2 is 1.83 bits per heavy atom. The van der Waals surface area contributed by atoms with Gasteiger partial charge in [0.05, 0.1) is 13.2 Å². The number of amides is 1. The molecule has 0 saturated carbocycles. The average molecular weight is 436 g/mol. The molecule has 0 aliphatic carbocycles. The summed E-state index contributed by atoms with van der Waals surface area (Å²) < 4.78 is 33.1. The first kappa shape index (κ1) is 24.2. The Labute approximate surface area is 176 Å². The molecule has 1 N–H and O–H groups in total. The second-order valence-corrected chi connectivity index (χ2v) is 9.58. The van der Waals surface area contributed by atoms with Crippen LogP contribution in [0.5, 0.6) is 0 Å². The molecule has 0 aromatic rings. The van der Waals surface area contributed by atoms with Crippen LogP contribution in [-0.2, 0) is 33.2 Å². The molecule has 2 saturated heterocycles. The minimum atomic E-state index is -0.781. The van der Waals surface area contributed by atoms with Crippen molar-refractivity contribution in [3.63, 3.8) is 0 Å². The van der Waals surface area contributed by atoms with Crippen molar-refractivity contribution < 1.29 is 38.0 Å². The van der Waals surface area contributed by atoms with E-state index in [2.05, 4.69) is 5.32 Å². The van der Waals surface area contributed by atoms with Crippen molar-refractivity contribution in [1.82, 2.24) is 5.32 Å². The monoisotopic (exact) mass is 435 g/mol. The first-order valence-corrected chi connectivity index (χ1v) is 10.8. The van der Waals surface area contributed by atoms with Crippen LogP contribution in [0.25, 0.3) is 0 Å². The van der Waals surface area contributed by atoms with Crippen molar-refractivity contribution in [1.29, 1.82) is 0 Å². The van der Waals surface area contributed by atoms with Gasteiger partial charge in [-0.2, -0.15) is 11.8 Å². The van der Waals surface area contributed by atoms with Crippen LogP contribution < -0.4 is 5.32 Å². The number of carbonyl (C=O) groups excluding carboxylic acids is 2. The van der Waals surface area contributed by atoms with Gasteiger partial charge in [-0.25, -0.2) is 9.59 Å². The Morgan fingerprint density at radius 3 is 2.41 bits per heavy atom. The maximum absolute atomic E-state index is 12.0. The lowest BCUT2D eigenvalue weighted by Gasteiger charge is -2.24. The van der Waals surface area contributed by atoms with Crippen molar-refractivity contribution in [3.8, 4) is 0 Å². The maximum atomic E-state index is 12.0. The number of nitrogens with one attached hydrogen (secondary N) is 1. The zero-order chi connectivity index (χ0) is 21.8. The zero-order valence-electron chi connectivity index (χ0n) is 18.2. The Bertz CT molecular complexity index is 579. The molecule has 9 nitrogen and oxygen atoms in total. The van der Waals surface area contributed by atoms with Gasteiger partial charge in [0.15, 0.2) is 12.1 Å². The summed E-state index contributed by atoms with van der Waals surface area (Å²) in [5.41, 5.74) is -0.648. The van der Waals surface area contributed by atoms with E-state index in [9.17, 15) is 9.59 Å². The van der Waals surface area contributed by atoms with Gasteiger partial charge in [0.1, 0.15) is 23.9 Å². The third kappa shape index (κ3) is 6.99. The van der Waals surface area contributed by atoms with Crippen molar-refractivity contribution in [2.45, 2.75) is 83.1 Å². The summed E-state index contributed by atoms with van der Waals surface area (Å²) in [5.74, 6) is 0.0594. The second kappa shape index (κ2) is 9.82. The lowest BCUT2D eigenvalue weighted by atomic mass is 10.2. The quantitative estimate of drug-likeness (QED) is 0.453. The summed E-state index contributed by atoms with van der Waals surface area (Å²) >= 11 is 1.59. The summed E-state index contributed by atoms with van der Waals surface area (Å²) in [6.07, 6.45) is -1.39. The molecule has 0 radical (unpaired) electrons. The van der Waals surface area contributed by atoms with Crippen LogP contribution in [0.2, 0.25) is 0 Å². The standard InChI is InChI=1S/C19H33NO8S/c1-18(2,3)28-17(22)20-11(15(21)23-6)8-9-29-10-12-13-14(16(24-7)25-12)27-19(4,5)26-13/h11-14,16H,8-10H2,1-7H3,(H,20,22)/t11?,12-,13-,14-,16-/m1/s1. The van der Waals surface area contributed by atoms with Crippen LogP contribution in [0.4, 0.5) is 4.79 Å². The first-order valence-electron chi connectivity index (χ1n) is 9.65. The van der Waals surface area contributed by atoms with Gasteiger partial charge in [-0.05, 0) is 46.8 Å². The molecule has 2 rings (SSSR count). The lowest BCUT2D eigenvalue weighted by Crippen LogP contribution is -2.44. The molecule has 10 heteroatoms. The van der Waals surface area contributed by atoms with Crippen molar-refractivity contribution in [2.75, 3.05) is 25.7 Å². The van der Waals surface area contributed by atoms with E-state index in [1.54, 1.807) is 39.6 Å². The topological polar surface area (TPSA) is 102 Å². The fourth-order valence-corrected chi connectivity index (χ4v) is 4.28. The molecule has 168 valence electrons. The Balaban J connectivity index is 1.82. The number of thioether (sulfide) groups is 1. The van der Waals surface area contributed by atoms with Gasteiger partial charge in [0.2, 0.25) is 0 Å². The number of alkyl carbamates (subject to hydrolysis) is 1. The SMILES string of the molecule is COC(=O)C(CCSC[C@H]1O[C@@H](OC)[C@@H]2OC(C)(C)O[C@@H]21)NC(=O)OC(C)(C)C. The fourth-order valence-electron chi connectivity index (χ4n) is 3.21. The predicted octanol–water partition coefficient (Wildman–Crippen LogP) is 2.07. The average Bonchev–Trinajstić information content (AvgIpc) is 3.08. The summed E-state index contributed by atoms with van der Waals surface area (Å²) in [4.78, 5) is 24.0. The first-order chi connectivity index (χ1) is 13.5. The normalized spacial score (nSPS) is 29.2. The van der Waals surface area contributed by atoms with Crippen LogP contribution in [0.1, 0.15) is 41.0 Å². The predicted molar refractivity (Wildman–Crippen MR) is 107 cm³/mol. The number of hydrogen-bond acceptors (Lipinski definition) is 9. The molecule has 29 heavy (non-hydrogen) atoms. The van der Waals surface area contributed by atoms with Crippen molar-refractivity contribution in [3.05, 3.63) is 0 Å². The smallest absolute Gasteiger partial charge is 0.408 e. The van der Waals surface area contributed by atoms with Crippen LogP contribution in [0, 0.1) is 0 Å². The number of esters is 1. The summed E-state index contributed by atoms with van der Waals surface area (Å²) in [6.45, 7) is 9.01. The van der Waals surface area contributed by atoms with Gasteiger partial charge in [-0.3, -0.25) is 0 Å². The minimum Gasteiger partial charge on any atom is -0.467 e. The molecule has 5 atom stereocenters. The van der Waals surface area contributed by atoms with E-state index in [1.165, 1.54) is 7.11 Å². The molecule has 1 unspecified atom stereocenters. The number of ether oxygens (including phenoxy) is 6. The van der Waals surface area contributed by atoms with E-state index in [0.29, 0.717) is 17.9 Å². The molecule has 1 amide bonds. The molecule has 2 heterocycles. The number of carbonyl (C=O) groups is 2. The van der Waals surface area contributed by atoms with E-state index < -0.39 is 35.8 Å². The lowest BCUT2D eigenvalue weighted by molar-refractivity contribution is -0.224. The number of rotatable bonds is 8. The summed E-state index contributed by atoms with van der Waals surface area (Å²) in [6, 6.07) is -0.781. The molecule has 2 aliphatic heterocycles. The third-order valence-electron chi connectivity index (χ3n) is 4.35. The Hall–Kier alpha value is -1.07. The highest BCUT2D eigenvalue weighted by Gasteiger charge is 2.55. The van der Waals surface area contributed by atoms with E-state index in [-0.39, 0.29) is 18.3 Å². The van der Waals surface area contributed by atoms with Crippen LogP contribution in [0.3, 0.4) is 0 Å². The largest absolute Gasteiger partial charge is 0.467 e. The van der Waals surface area contributed by atoms with Crippen molar-refractivity contribution in [2.24, 2.45) is 0 Å². The summed E-state index contributed by atoms with van der Waals surface area (Å²) in [5, 5.41) is 2.57. The number of hydrogen-bond donors (Lipinski definition) is 1. The molecular formula is C19H33NO8S. The minimum absolute atomic E-state index is 0.188. The van der Waals surface area contributed by atoms with E-state index in [1.807, 2.05) is 13.8 Å². The Kier molecular flexibility index (Phi) is 8.20. The van der Waals surface area contributed by atoms with Gasteiger partial charge < -0.3 is 33.7 Å². The van der Waals surface area contributed by atoms with Gasteiger partial charge in [-0.15, -0.1) is 0 Å². The van der Waals surface area contributed by atoms with Crippen molar-refractivity contribution >= 4 is 23.8 Å². The highest BCUT2D eigenvalue weighted by atomic mass is 32.2. The third-order valence-corrected chi connectivity index (χ3v) is 5.44. The van der Waals surface area contributed by atoms with E-state index in [0.717, 1.165) is 0 Å². The zero-order valence-corrected chi connectivity index (χ0v) is 19.0. The van der Waals surface area contributed by atoms with Gasteiger partial charge >= 0.3 is 12.1 Å². The molecule has 0 aromatic heterocycles. The van der Waals surface area contributed by atoms with Gasteiger partial charge in [0.25, 0.3) is 0 Å². The molecule has 0 aromatic carbocycles. The number of fused-ring (bicyclic) bond motifs is 1. The Morgan fingerprint density at radius 1 is 1.17 bits per heavy atom. The molecular weight excluding hydrogens is 402 g/mol. The molecule has 0 bridgehead atoms. The molecule has 2 fully saturated rings. The van der Waals surface area contributed by atoms with Crippen LogP contribution in [-0.4, -0.2) is 79.8 Å². The van der Waals surface area contributed by atoms with E-state index >= 15 is 0 Å².